The fourth-order valence-electron chi connectivity index (χ4n) is 3.22. The van der Waals surface area contributed by atoms with E-state index in [0.717, 1.165) is 11.1 Å². The summed E-state index contributed by atoms with van der Waals surface area (Å²) in [5.74, 6) is -1.27. The molecule has 2 N–H and O–H groups in total. The summed E-state index contributed by atoms with van der Waals surface area (Å²) in [6.07, 6.45) is -3.40. The van der Waals surface area contributed by atoms with Gasteiger partial charge in [-0.05, 0) is 13.8 Å². The normalized spacial score (nSPS) is 26.0. The summed E-state index contributed by atoms with van der Waals surface area (Å²) in [6, 6.07) is 13.3. The maximum absolute atomic E-state index is 12.9. The van der Waals surface area contributed by atoms with E-state index in [0.29, 0.717) is 0 Å². The van der Waals surface area contributed by atoms with Crippen molar-refractivity contribution in [1.82, 2.24) is 0 Å². The molecule has 142 valence electrons. The number of hydrogen-bond acceptors (Lipinski definition) is 5. The number of carbonyl (C=O) groups is 2. The fraction of sp³-hybridized carbons (Fsp3) is 0.333. The summed E-state index contributed by atoms with van der Waals surface area (Å²) in [4.78, 5) is 25.6. The van der Waals surface area contributed by atoms with Gasteiger partial charge in [0.15, 0.2) is 17.2 Å². The predicted octanol–water partition coefficient (Wildman–Crippen LogP) is 2.81. The van der Waals surface area contributed by atoms with Crippen molar-refractivity contribution in [3.05, 3.63) is 70.8 Å². The summed E-state index contributed by atoms with van der Waals surface area (Å²) in [5, 5.41) is 21.6. The first kappa shape index (κ1) is 19.7. The lowest BCUT2D eigenvalue weighted by Crippen LogP contribution is -2.53. The molecule has 0 radical (unpaired) electrons. The number of aryl methyl sites for hydroxylation is 2. The molecule has 0 aliphatic carbocycles. The molecule has 1 unspecified atom stereocenters. The van der Waals surface area contributed by atoms with Gasteiger partial charge in [0.2, 0.25) is 0 Å². The quantitative estimate of drug-likeness (QED) is 0.607. The van der Waals surface area contributed by atoms with Gasteiger partial charge < -0.3 is 14.9 Å². The van der Waals surface area contributed by atoms with Gasteiger partial charge in [-0.25, -0.2) is 0 Å². The van der Waals surface area contributed by atoms with Crippen molar-refractivity contribution in [2.75, 3.05) is 0 Å². The zero-order chi connectivity index (χ0) is 19.8. The minimum Gasteiger partial charge on any atom is -0.382 e. The summed E-state index contributed by atoms with van der Waals surface area (Å²) in [7, 11) is 0. The summed E-state index contributed by atoms with van der Waals surface area (Å²) < 4.78 is 5.40. The van der Waals surface area contributed by atoms with E-state index >= 15 is 0 Å². The molecule has 5 nitrogen and oxygen atoms in total. The van der Waals surface area contributed by atoms with Gasteiger partial charge >= 0.3 is 0 Å². The minimum atomic E-state index is -2.10. The van der Waals surface area contributed by atoms with Crippen molar-refractivity contribution in [1.29, 1.82) is 0 Å². The largest absolute Gasteiger partial charge is 0.382 e. The third-order valence-corrected chi connectivity index (χ3v) is 5.09. The first-order chi connectivity index (χ1) is 12.7. The van der Waals surface area contributed by atoms with E-state index in [9.17, 15) is 19.8 Å². The van der Waals surface area contributed by atoms with Gasteiger partial charge in [-0.1, -0.05) is 71.3 Å². The average Bonchev–Trinajstić information content (AvgIpc) is 2.96. The van der Waals surface area contributed by atoms with Gasteiger partial charge in [0, 0.05) is 17.5 Å². The monoisotopic (exact) mass is 388 g/mol. The average molecular weight is 389 g/mol. The molecular weight excluding hydrogens is 368 g/mol. The van der Waals surface area contributed by atoms with Crippen molar-refractivity contribution >= 4 is 23.2 Å². The smallest absolute Gasteiger partial charge is 0.197 e. The van der Waals surface area contributed by atoms with Crippen LogP contribution in [0.2, 0.25) is 0 Å². The van der Waals surface area contributed by atoms with Crippen molar-refractivity contribution < 1.29 is 24.5 Å². The number of benzene rings is 2. The number of carbonyl (C=O) groups excluding carboxylic acids is 2. The Bertz CT molecular complexity index is 846. The van der Waals surface area contributed by atoms with Crippen LogP contribution < -0.4 is 0 Å². The zero-order valence-electron chi connectivity index (χ0n) is 15.1. The Morgan fingerprint density at radius 3 is 2.04 bits per heavy atom. The predicted molar refractivity (Wildman–Crippen MR) is 101 cm³/mol. The summed E-state index contributed by atoms with van der Waals surface area (Å²) in [6.45, 7) is 3.76. The molecule has 6 heteroatoms. The highest BCUT2D eigenvalue weighted by Gasteiger charge is 2.56. The van der Waals surface area contributed by atoms with E-state index < -0.39 is 34.9 Å². The third-order valence-electron chi connectivity index (χ3n) is 4.84. The molecule has 1 heterocycles. The molecular formula is C21H21ClO5. The van der Waals surface area contributed by atoms with Crippen molar-refractivity contribution in [3.8, 4) is 0 Å². The third kappa shape index (κ3) is 3.82. The summed E-state index contributed by atoms with van der Waals surface area (Å²) >= 11 is 6.01. The van der Waals surface area contributed by atoms with Crippen LogP contribution >= 0.6 is 11.6 Å². The molecule has 2 aromatic rings. The van der Waals surface area contributed by atoms with E-state index in [2.05, 4.69) is 0 Å². The van der Waals surface area contributed by atoms with Gasteiger partial charge in [-0.15, -0.1) is 0 Å². The van der Waals surface area contributed by atoms with E-state index in [-0.39, 0.29) is 17.5 Å². The number of halogens is 1. The topological polar surface area (TPSA) is 83.8 Å². The molecule has 2 aromatic carbocycles. The number of rotatable bonds is 5. The standard InChI is InChI=1S/C21H21ClO5/c1-12-3-7-14(8-4-12)17(23)18(24)20-21(26,11-16(22)27-20)19(25)15-9-5-13(2)6-10-15/h3-10,16,18,20,24,26H,11H2,1-2H3/t16-,18?,20+,21+/m0/s1. The maximum Gasteiger partial charge on any atom is 0.197 e. The number of aliphatic hydroxyl groups excluding tert-OH is 1. The van der Waals surface area contributed by atoms with Crippen LogP contribution in [-0.2, 0) is 4.74 Å². The molecule has 0 amide bonds. The molecule has 27 heavy (non-hydrogen) atoms. The highest BCUT2D eigenvalue weighted by Crippen LogP contribution is 2.38. The second kappa shape index (κ2) is 7.52. The number of ketones is 2. The zero-order valence-corrected chi connectivity index (χ0v) is 15.8. The lowest BCUT2D eigenvalue weighted by molar-refractivity contribution is -0.0716. The Hall–Kier alpha value is -2.05. The Kier molecular flexibility index (Phi) is 5.49. The summed E-state index contributed by atoms with van der Waals surface area (Å²) in [5.41, 5.74) is -0.638. The number of alkyl halides is 1. The van der Waals surface area contributed by atoms with E-state index in [1.807, 2.05) is 13.8 Å². The Labute approximate surface area is 162 Å². The maximum atomic E-state index is 12.9. The first-order valence-electron chi connectivity index (χ1n) is 8.64. The van der Waals surface area contributed by atoms with Crippen molar-refractivity contribution in [2.45, 2.75) is 43.6 Å². The Morgan fingerprint density at radius 1 is 1.04 bits per heavy atom. The highest BCUT2D eigenvalue weighted by atomic mass is 35.5. The molecule has 4 atom stereocenters. The van der Waals surface area contributed by atoms with Crippen molar-refractivity contribution in [2.24, 2.45) is 0 Å². The van der Waals surface area contributed by atoms with Crippen LogP contribution in [0.25, 0.3) is 0 Å². The first-order valence-corrected chi connectivity index (χ1v) is 9.08. The molecule has 1 fully saturated rings. The number of hydrogen-bond donors (Lipinski definition) is 2. The van der Waals surface area contributed by atoms with Crippen LogP contribution in [0.1, 0.15) is 38.3 Å². The lowest BCUT2D eigenvalue weighted by Gasteiger charge is -2.29. The second-order valence-electron chi connectivity index (χ2n) is 6.97. The van der Waals surface area contributed by atoms with Crippen molar-refractivity contribution in [3.63, 3.8) is 0 Å². The lowest BCUT2D eigenvalue weighted by atomic mass is 9.82. The van der Waals surface area contributed by atoms with E-state index in [1.165, 1.54) is 0 Å². The molecule has 1 aliphatic rings. The Morgan fingerprint density at radius 2 is 1.52 bits per heavy atom. The molecule has 0 aromatic heterocycles. The SMILES string of the molecule is Cc1ccc(C(=O)C(O)[C@H]2O[C@H](Cl)C[C@@]2(O)C(=O)c2ccc(C)cc2)cc1. The van der Waals surface area contributed by atoms with Gasteiger partial charge in [-0.2, -0.15) is 0 Å². The Balaban J connectivity index is 1.90. The van der Waals surface area contributed by atoms with Gasteiger partial charge in [0.05, 0.1) is 0 Å². The molecule has 3 rings (SSSR count). The van der Waals surface area contributed by atoms with Crippen LogP contribution in [0.5, 0.6) is 0 Å². The van der Waals surface area contributed by atoms with Crippen LogP contribution in [0.3, 0.4) is 0 Å². The number of Topliss-reactive ketones (excluding diaryl/α,β-unsaturated/α-hetero) is 2. The van der Waals surface area contributed by atoms with Crippen LogP contribution in [0, 0.1) is 13.8 Å². The minimum absolute atomic E-state index is 0.218. The molecule has 1 aliphatic heterocycles. The van der Waals surface area contributed by atoms with Gasteiger partial charge in [0.25, 0.3) is 0 Å². The van der Waals surface area contributed by atoms with E-state index in [1.54, 1.807) is 48.5 Å². The molecule has 0 saturated carbocycles. The van der Waals surface area contributed by atoms with E-state index in [4.69, 9.17) is 16.3 Å². The van der Waals surface area contributed by atoms with Gasteiger partial charge in [0.1, 0.15) is 17.8 Å². The highest BCUT2D eigenvalue weighted by molar-refractivity contribution is 6.20. The molecule has 1 saturated heterocycles. The fourth-order valence-corrected chi connectivity index (χ4v) is 3.57. The molecule has 0 bridgehead atoms. The van der Waals surface area contributed by atoms with Crippen LogP contribution in [0.4, 0.5) is 0 Å². The van der Waals surface area contributed by atoms with Gasteiger partial charge in [-0.3, -0.25) is 9.59 Å². The molecule has 0 spiro atoms. The number of ether oxygens (including phenoxy) is 1. The van der Waals surface area contributed by atoms with Crippen LogP contribution in [0.15, 0.2) is 48.5 Å². The second-order valence-corrected chi connectivity index (χ2v) is 7.45. The number of aliphatic hydroxyl groups is 2. The van der Waals surface area contributed by atoms with Crippen LogP contribution in [-0.4, -0.2) is 45.2 Å².